The quantitative estimate of drug-likeness (QED) is 0.187. The average Bonchev–Trinajstić information content (AvgIpc) is 3.48. The van der Waals surface area contributed by atoms with Crippen LogP contribution in [0.2, 0.25) is 10.0 Å². The molecule has 0 saturated heterocycles. The molecule has 2 aromatic heterocycles. The largest absolute Gasteiger partial charge is 0.373 e. The minimum atomic E-state index is -0.654. The highest BCUT2D eigenvalue weighted by molar-refractivity contribution is 6.36. The van der Waals surface area contributed by atoms with Gasteiger partial charge in [-0.1, -0.05) is 46.6 Å². The van der Waals surface area contributed by atoms with Gasteiger partial charge in [-0.05, 0) is 55.8 Å². The molecule has 0 saturated carbocycles. The zero-order valence-electron chi connectivity index (χ0n) is 23.7. The molecule has 12 heteroatoms. The van der Waals surface area contributed by atoms with Crippen LogP contribution in [0.1, 0.15) is 53.1 Å². The van der Waals surface area contributed by atoms with Crippen LogP contribution in [0, 0.1) is 17.1 Å². The number of rotatable bonds is 8. The lowest BCUT2D eigenvalue weighted by Gasteiger charge is -2.21. The molecule has 0 bridgehead atoms. The van der Waals surface area contributed by atoms with E-state index in [4.69, 9.17) is 23.2 Å². The summed E-state index contributed by atoms with van der Waals surface area (Å²) in [6, 6.07) is 17.0. The average molecular weight is 618 g/mol. The van der Waals surface area contributed by atoms with Crippen molar-refractivity contribution in [2.45, 2.75) is 25.9 Å². The van der Waals surface area contributed by atoms with Gasteiger partial charge < -0.3 is 15.5 Å². The highest BCUT2D eigenvalue weighted by Gasteiger charge is 2.22. The summed E-state index contributed by atoms with van der Waals surface area (Å²) >= 11 is 12.7. The second kappa shape index (κ2) is 12.3. The first kappa shape index (κ1) is 29.8. The normalized spacial score (nSPS) is 11.8. The van der Waals surface area contributed by atoms with Crippen molar-refractivity contribution in [1.29, 1.82) is 5.26 Å². The smallest absolute Gasteiger partial charge is 0.253 e. The minimum Gasteiger partial charge on any atom is -0.373 e. The van der Waals surface area contributed by atoms with Crippen LogP contribution in [-0.2, 0) is 0 Å². The van der Waals surface area contributed by atoms with Crippen molar-refractivity contribution in [3.05, 3.63) is 105 Å². The third-order valence-corrected chi connectivity index (χ3v) is 7.37. The van der Waals surface area contributed by atoms with Gasteiger partial charge in [0.2, 0.25) is 0 Å². The molecule has 2 heterocycles. The van der Waals surface area contributed by atoms with Gasteiger partial charge in [0.25, 0.3) is 5.91 Å². The molecule has 0 unspecified atom stereocenters. The van der Waals surface area contributed by atoms with Crippen molar-refractivity contribution in [3.63, 3.8) is 0 Å². The standard InChI is InChI=1S/C31H27Cl2FN8O/c1-17(2)42-16-26(39-40-42)29(18-7-5-8-19(11-18)31(43)41(3)4)37-21-12-22-28(38-25-10-6-9-23(32)27(25)34)20(14-35)15-36-30(22)24(33)13-21/h5-13,15-17,29,37H,1-4H3,(H,36,38)/t29-/m0/s1. The maximum Gasteiger partial charge on any atom is 0.253 e. The molecular formula is C31H27Cl2FN8O. The molecule has 1 amide bonds. The van der Waals surface area contributed by atoms with Gasteiger partial charge in [-0.2, -0.15) is 5.26 Å². The van der Waals surface area contributed by atoms with E-state index in [2.05, 4.69) is 32.0 Å². The summed E-state index contributed by atoms with van der Waals surface area (Å²) < 4.78 is 16.6. The Hall–Kier alpha value is -4.72. The number of carbonyl (C=O) groups is 1. The summed E-state index contributed by atoms with van der Waals surface area (Å²) in [4.78, 5) is 18.7. The van der Waals surface area contributed by atoms with E-state index in [1.807, 2.05) is 32.2 Å². The first-order valence-corrected chi connectivity index (χ1v) is 14.1. The highest BCUT2D eigenvalue weighted by Crippen LogP contribution is 2.37. The van der Waals surface area contributed by atoms with Gasteiger partial charge in [-0.15, -0.1) is 5.10 Å². The van der Waals surface area contributed by atoms with E-state index in [0.29, 0.717) is 38.6 Å². The van der Waals surface area contributed by atoms with Crippen LogP contribution in [0.15, 0.2) is 67.0 Å². The summed E-state index contributed by atoms with van der Waals surface area (Å²) in [6.45, 7) is 3.99. The van der Waals surface area contributed by atoms with Crippen molar-refractivity contribution >= 4 is 57.1 Å². The van der Waals surface area contributed by atoms with Crippen molar-refractivity contribution in [1.82, 2.24) is 24.9 Å². The van der Waals surface area contributed by atoms with Gasteiger partial charge in [-0.3, -0.25) is 9.78 Å². The predicted octanol–water partition coefficient (Wildman–Crippen LogP) is 7.37. The maximum atomic E-state index is 14.9. The van der Waals surface area contributed by atoms with E-state index in [1.54, 1.807) is 49.1 Å². The van der Waals surface area contributed by atoms with E-state index in [-0.39, 0.29) is 28.2 Å². The molecule has 0 fully saturated rings. The molecule has 0 spiro atoms. The van der Waals surface area contributed by atoms with Crippen molar-refractivity contribution in [3.8, 4) is 6.07 Å². The first-order valence-electron chi connectivity index (χ1n) is 13.3. The molecule has 0 aliphatic heterocycles. The summed E-state index contributed by atoms with van der Waals surface area (Å²) in [7, 11) is 3.39. The highest BCUT2D eigenvalue weighted by atomic mass is 35.5. The fourth-order valence-corrected chi connectivity index (χ4v) is 5.02. The number of nitrogens with zero attached hydrogens (tertiary/aromatic N) is 6. The molecule has 2 N–H and O–H groups in total. The Labute approximate surface area is 257 Å². The van der Waals surface area contributed by atoms with Crippen LogP contribution >= 0.6 is 23.2 Å². The second-order valence-electron chi connectivity index (χ2n) is 10.4. The lowest BCUT2D eigenvalue weighted by Crippen LogP contribution is -2.22. The Morgan fingerprint density at radius 3 is 2.56 bits per heavy atom. The number of anilines is 3. The van der Waals surface area contributed by atoms with Gasteiger partial charge in [0, 0.05) is 43.0 Å². The molecule has 0 radical (unpaired) electrons. The fraction of sp³-hybridized carbons (Fsp3) is 0.194. The number of halogens is 3. The number of hydrogen-bond donors (Lipinski definition) is 2. The SMILES string of the molecule is CC(C)n1cc([C@@H](Nc2cc(Cl)c3ncc(C#N)c(Nc4cccc(Cl)c4F)c3c2)c2cccc(C(=O)N(C)C)c2)nn1. The lowest BCUT2D eigenvalue weighted by molar-refractivity contribution is 0.0827. The van der Waals surface area contributed by atoms with Crippen LogP contribution in [0.25, 0.3) is 10.9 Å². The van der Waals surface area contributed by atoms with Crippen molar-refractivity contribution in [2.24, 2.45) is 0 Å². The van der Waals surface area contributed by atoms with Crippen molar-refractivity contribution in [2.75, 3.05) is 24.7 Å². The van der Waals surface area contributed by atoms with E-state index < -0.39 is 11.9 Å². The monoisotopic (exact) mass is 616 g/mol. The first-order chi connectivity index (χ1) is 20.6. The molecule has 0 aliphatic rings. The van der Waals surface area contributed by atoms with E-state index >= 15 is 0 Å². The van der Waals surface area contributed by atoms with E-state index in [1.165, 1.54) is 23.2 Å². The van der Waals surface area contributed by atoms with Gasteiger partial charge in [0.1, 0.15) is 11.8 Å². The molecule has 5 rings (SSSR count). The number of nitriles is 1. The van der Waals surface area contributed by atoms with Crippen LogP contribution in [0.5, 0.6) is 0 Å². The maximum absolute atomic E-state index is 14.9. The Kier molecular flexibility index (Phi) is 8.48. The number of hydrogen-bond acceptors (Lipinski definition) is 7. The zero-order chi connectivity index (χ0) is 30.8. The van der Waals surface area contributed by atoms with Gasteiger partial charge in [0.05, 0.1) is 44.7 Å². The molecular weight excluding hydrogens is 590 g/mol. The van der Waals surface area contributed by atoms with Crippen molar-refractivity contribution < 1.29 is 9.18 Å². The Bertz CT molecular complexity index is 1880. The number of carbonyl (C=O) groups excluding carboxylic acids is 1. The Balaban J connectivity index is 1.64. The van der Waals surface area contributed by atoms with E-state index in [9.17, 15) is 14.4 Å². The molecule has 0 aliphatic carbocycles. The molecule has 3 aromatic carbocycles. The molecule has 43 heavy (non-hydrogen) atoms. The molecule has 218 valence electrons. The number of amides is 1. The summed E-state index contributed by atoms with van der Waals surface area (Å²) in [5, 5.41) is 25.8. The second-order valence-corrected chi connectivity index (χ2v) is 11.2. The topological polar surface area (TPSA) is 112 Å². The predicted molar refractivity (Wildman–Crippen MR) is 166 cm³/mol. The minimum absolute atomic E-state index is 0.0606. The Morgan fingerprint density at radius 1 is 1.09 bits per heavy atom. The zero-order valence-corrected chi connectivity index (χ0v) is 25.2. The third-order valence-electron chi connectivity index (χ3n) is 6.79. The Morgan fingerprint density at radius 2 is 1.86 bits per heavy atom. The van der Waals surface area contributed by atoms with Crippen LogP contribution in [-0.4, -0.2) is 44.9 Å². The summed E-state index contributed by atoms with van der Waals surface area (Å²) in [5.41, 5.74) is 3.48. The molecule has 9 nitrogen and oxygen atoms in total. The summed E-state index contributed by atoms with van der Waals surface area (Å²) in [5.74, 6) is -0.793. The van der Waals surface area contributed by atoms with E-state index in [0.717, 1.165) is 5.56 Å². The fourth-order valence-electron chi connectivity index (χ4n) is 4.58. The number of benzene rings is 3. The number of aromatic nitrogens is 4. The summed E-state index contributed by atoms with van der Waals surface area (Å²) in [6.07, 6.45) is 3.22. The lowest BCUT2D eigenvalue weighted by atomic mass is 10.00. The molecule has 5 aromatic rings. The van der Waals surface area contributed by atoms with Gasteiger partial charge >= 0.3 is 0 Å². The number of pyridine rings is 1. The van der Waals surface area contributed by atoms with Crippen LogP contribution < -0.4 is 10.6 Å². The van der Waals surface area contributed by atoms with Crippen LogP contribution in [0.3, 0.4) is 0 Å². The van der Waals surface area contributed by atoms with Gasteiger partial charge in [0.15, 0.2) is 5.82 Å². The number of fused-ring (bicyclic) bond motifs is 1. The van der Waals surface area contributed by atoms with Gasteiger partial charge in [-0.25, -0.2) is 9.07 Å². The number of nitrogens with one attached hydrogen (secondary N) is 2. The molecule has 1 atom stereocenters. The van der Waals surface area contributed by atoms with Crippen LogP contribution in [0.4, 0.5) is 21.5 Å². The third kappa shape index (κ3) is 6.09.